The highest BCUT2D eigenvalue weighted by atomic mass is 35.5. The van der Waals surface area contributed by atoms with Crippen molar-refractivity contribution in [3.8, 4) is 5.75 Å². The maximum absolute atomic E-state index is 11.9. The van der Waals surface area contributed by atoms with Crippen LogP contribution < -0.4 is 10.1 Å². The molecule has 5 heteroatoms. The number of para-hydroxylation sites is 1. The summed E-state index contributed by atoms with van der Waals surface area (Å²) in [7, 11) is 0. The van der Waals surface area contributed by atoms with Crippen molar-refractivity contribution in [2.24, 2.45) is 0 Å². The van der Waals surface area contributed by atoms with E-state index in [1.807, 2.05) is 42.5 Å². The Morgan fingerprint density at radius 2 is 1.88 bits per heavy atom. The van der Waals surface area contributed by atoms with E-state index in [0.717, 1.165) is 22.1 Å². The number of amides is 1. The lowest BCUT2D eigenvalue weighted by Crippen LogP contribution is -2.29. The number of halogens is 1. The number of hydrogen-bond donors (Lipinski definition) is 1. The minimum Gasteiger partial charge on any atom is -0.491 e. The average molecular weight is 378 g/mol. The smallest absolute Gasteiger partial charge is 0.230 e. The molecule has 3 nitrogen and oxygen atoms in total. The third-order valence-electron chi connectivity index (χ3n) is 3.64. The topological polar surface area (TPSA) is 38.3 Å². The molecule has 2 aromatic rings. The molecule has 0 aliphatic carbocycles. The van der Waals surface area contributed by atoms with E-state index >= 15 is 0 Å². The number of carbonyl (C=O) groups excluding carboxylic acids is 1. The molecule has 0 bridgehead atoms. The first-order valence-corrected chi connectivity index (χ1v) is 9.90. The molecule has 0 aliphatic heterocycles. The van der Waals surface area contributed by atoms with Crippen LogP contribution in [0.25, 0.3) is 0 Å². The molecule has 0 saturated heterocycles. The van der Waals surface area contributed by atoms with E-state index in [-0.39, 0.29) is 5.91 Å². The molecule has 0 saturated carbocycles. The second-order valence-electron chi connectivity index (χ2n) is 6.01. The van der Waals surface area contributed by atoms with Crippen molar-refractivity contribution in [1.82, 2.24) is 5.32 Å². The van der Waals surface area contributed by atoms with Crippen LogP contribution in [-0.4, -0.2) is 24.8 Å². The maximum Gasteiger partial charge on any atom is 0.230 e. The highest BCUT2D eigenvalue weighted by molar-refractivity contribution is 7.99. The van der Waals surface area contributed by atoms with Crippen molar-refractivity contribution in [1.29, 1.82) is 0 Å². The van der Waals surface area contributed by atoms with Gasteiger partial charge in [0.15, 0.2) is 0 Å². The Labute approximate surface area is 159 Å². The molecule has 134 valence electrons. The van der Waals surface area contributed by atoms with E-state index in [9.17, 15) is 4.79 Å². The Morgan fingerprint density at radius 3 is 2.60 bits per heavy atom. The summed E-state index contributed by atoms with van der Waals surface area (Å²) in [6.07, 6.45) is 0. The molecule has 0 radical (unpaired) electrons. The van der Waals surface area contributed by atoms with Gasteiger partial charge in [0.25, 0.3) is 0 Å². The largest absolute Gasteiger partial charge is 0.491 e. The third kappa shape index (κ3) is 7.00. The molecule has 0 heterocycles. The van der Waals surface area contributed by atoms with Gasteiger partial charge in [-0.25, -0.2) is 0 Å². The third-order valence-corrected chi connectivity index (χ3v) is 4.89. The van der Waals surface area contributed by atoms with Gasteiger partial charge < -0.3 is 10.1 Å². The Hall–Kier alpha value is -1.65. The van der Waals surface area contributed by atoms with Gasteiger partial charge in [-0.3, -0.25) is 4.79 Å². The summed E-state index contributed by atoms with van der Waals surface area (Å²) < 4.78 is 5.80. The van der Waals surface area contributed by atoms with Crippen LogP contribution in [0, 0.1) is 0 Å². The maximum atomic E-state index is 11.9. The summed E-state index contributed by atoms with van der Waals surface area (Å²) in [6, 6.07) is 15.7. The summed E-state index contributed by atoms with van der Waals surface area (Å²) in [5, 5.41) is 3.62. The zero-order valence-electron chi connectivity index (χ0n) is 14.6. The molecule has 0 unspecified atom stereocenters. The minimum atomic E-state index is 0.0275. The number of hydrogen-bond acceptors (Lipinski definition) is 3. The fourth-order valence-electron chi connectivity index (χ4n) is 2.33. The average Bonchev–Trinajstić information content (AvgIpc) is 2.60. The summed E-state index contributed by atoms with van der Waals surface area (Å²) in [5.74, 6) is 2.56. The summed E-state index contributed by atoms with van der Waals surface area (Å²) >= 11 is 7.44. The Morgan fingerprint density at radius 1 is 1.16 bits per heavy atom. The molecule has 1 N–H and O–H groups in total. The van der Waals surface area contributed by atoms with E-state index in [0.29, 0.717) is 24.8 Å². The van der Waals surface area contributed by atoms with Crippen LogP contribution in [0.3, 0.4) is 0 Å². The summed E-state index contributed by atoms with van der Waals surface area (Å²) in [5.41, 5.74) is 2.35. The monoisotopic (exact) mass is 377 g/mol. The fraction of sp³-hybridized carbons (Fsp3) is 0.350. The first kappa shape index (κ1) is 19.7. The predicted molar refractivity (Wildman–Crippen MR) is 107 cm³/mol. The quantitative estimate of drug-likeness (QED) is 0.632. The number of thioether (sulfide) groups is 1. The van der Waals surface area contributed by atoms with Gasteiger partial charge in [-0.15, -0.1) is 11.8 Å². The van der Waals surface area contributed by atoms with Crippen molar-refractivity contribution in [3.05, 3.63) is 64.7 Å². The van der Waals surface area contributed by atoms with Crippen molar-refractivity contribution in [2.75, 3.05) is 18.9 Å². The van der Waals surface area contributed by atoms with E-state index < -0.39 is 0 Å². The first-order valence-electron chi connectivity index (χ1n) is 8.37. The van der Waals surface area contributed by atoms with E-state index in [2.05, 4.69) is 25.2 Å². The normalized spacial score (nSPS) is 10.7. The van der Waals surface area contributed by atoms with Crippen LogP contribution >= 0.6 is 23.4 Å². The lowest BCUT2D eigenvalue weighted by Gasteiger charge is -2.14. The molecular formula is C20H24ClNO2S. The summed E-state index contributed by atoms with van der Waals surface area (Å²) in [6.45, 7) is 5.26. The standard InChI is InChI=1S/C20H24ClNO2S/c1-15(2)18-5-3-4-6-19(18)24-12-11-22-20(23)14-25-13-16-7-9-17(21)10-8-16/h3-10,15H,11-14H2,1-2H3,(H,22,23). The molecular weight excluding hydrogens is 354 g/mol. The second kappa shape index (κ2) is 10.4. The first-order chi connectivity index (χ1) is 12.1. The van der Waals surface area contributed by atoms with Crippen LogP contribution in [0.2, 0.25) is 5.02 Å². The van der Waals surface area contributed by atoms with Crippen molar-refractivity contribution < 1.29 is 9.53 Å². The Bertz CT molecular complexity index is 674. The molecule has 0 aliphatic rings. The van der Waals surface area contributed by atoms with Gasteiger partial charge in [0, 0.05) is 10.8 Å². The Balaban J connectivity index is 1.63. The molecule has 0 atom stereocenters. The highest BCUT2D eigenvalue weighted by Gasteiger charge is 2.07. The zero-order chi connectivity index (χ0) is 18.1. The van der Waals surface area contributed by atoms with Crippen LogP contribution in [0.4, 0.5) is 0 Å². The molecule has 1 amide bonds. The molecule has 2 rings (SSSR count). The lowest BCUT2D eigenvalue weighted by molar-refractivity contribution is -0.118. The van der Waals surface area contributed by atoms with Gasteiger partial charge in [-0.1, -0.05) is 55.8 Å². The van der Waals surface area contributed by atoms with E-state index in [4.69, 9.17) is 16.3 Å². The molecule has 0 fully saturated rings. The number of carbonyl (C=O) groups is 1. The van der Waals surface area contributed by atoms with Crippen LogP contribution in [-0.2, 0) is 10.5 Å². The van der Waals surface area contributed by atoms with Gasteiger partial charge in [0.1, 0.15) is 12.4 Å². The predicted octanol–water partition coefficient (Wildman–Crippen LogP) is 4.89. The number of ether oxygens (including phenoxy) is 1. The van der Waals surface area contributed by atoms with Gasteiger partial charge in [0.2, 0.25) is 5.91 Å². The van der Waals surface area contributed by atoms with Crippen LogP contribution in [0.5, 0.6) is 5.75 Å². The van der Waals surface area contributed by atoms with Crippen molar-refractivity contribution >= 4 is 29.3 Å². The van der Waals surface area contributed by atoms with Gasteiger partial charge in [-0.05, 0) is 35.2 Å². The number of benzene rings is 2. The van der Waals surface area contributed by atoms with Gasteiger partial charge >= 0.3 is 0 Å². The fourth-order valence-corrected chi connectivity index (χ4v) is 3.28. The molecule has 0 aromatic heterocycles. The molecule has 2 aromatic carbocycles. The SMILES string of the molecule is CC(C)c1ccccc1OCCNC(=O)CSCc1ccc(Cl)cc1. The van der Waals surface area contributed by atoms with Gasteiger partial charge in [0.05, 0.1) is 12.3 Å². The lowest BCUT2D eigenvalue weighted by atomic mass is 10.0. The summed E-state index contributed by atoms with van der Waals surface area (Å²) in [4.78, 5) is 11.9. The second-order valence-corrected chi connectivity index (χ2v) is 7.43. The zero-order valence-corrected chi connectivity index (χ0v) is 16.2. The minimum absolute atomic E-state index is 0.0275. The van der Waals surface area contributed by atoms with Gasteiger partial charge in [-0.2, -0.15) is 0 Å². The van der Waals surface area contributed by atoms with Crippen LogP contribution in [0.1, 0.15) is 30.9 Å². The van der Waals surface area contributed by atoms with Crippen LogP contribution in [0.15, 0.2) is 48.5 Å². The van der Waals surface area contributed by atoms with Crippen molar-refractivity contribution in [3.63, 3.8) is 0 Å². The highest BCUT2D eigenvalue weighted by Crippen LogP contribution is 2.25. The van der Waals surface area contributed by atoms with E-state index in [1.54, 1.807) is 11.8 Å². The molecule has 25 heavy (non-hydrogen) atoms. The molecule has 0 spiro atoms. The Kier molecular flexibility index (Phi) is 8.16. The van der Waals surface area contributed by atoms with E-state index in [1.165, 1.54) is 5.56 Å². The van der Waals surface area contributed by atoms with Crippen molar-refractivity contribution in [2.45, 2.75) is 25.5 Å². The number of nitrogens with one attached hydrogen (secondary N) is 1. The number of rotatable bonds is 9.